The molecule has 616 valence electrons. The molecule has 17 nitrogen and oxygen atoms in total. The molecule has 0 fully saturated rings. The van der Waals surface area contributed by atoms with Crippen molar-refractivity contribution in [3.8, 4) is 0 Å². The third-order valence-electron chi connectivity index (χ3n) is 17.0. The fraction of sp³-hybridized carbons (Fsp3) is 0.663. The van der Waals surface area contributed by atoms with Crippen molar-refractivity contribution in [3.05, 3.63) is 158 Å². The Labute approximate surface area is 655 Å². The highest BCUT2D eigenvalue weighted by Crippen LogP contribution is 2.45. The summed E-state index contributed by atoms with van der Waals surface area (Å²) in [5, 5.41) is 10.7. The number of unbranched alkanes of at least 4 members (excludes halogenated alkanes) is 25. The minimum absolute atomic E-state index is 0.0580. The van der Waals surface area contributed by atoms with Gasteiger partial charge in [0.05, 0.1) is 26.4 Å². The fourth-order valence-corrected chi connectivity index (χ4v) is 12.3. The third-order valence-corrected chi connectivity index (χ3v) is 18.9. The lowest BCUT2D eigenvalue weighted by atomic mass is 10.1. The van der Waals surface area contributed by atoms with Crippen molar-refractivity contribution in [2.24, 2.45) is 0 Å². The maximum absolute atomic E-state index is 13.1. The molecule has 5 atom stereocenters. The zero-order valence-corrected chi connectivity index (χ0v) is 69.3. The lowest BCUT2D eigenvalue weighted by molar-refractivity contribution is -0.161. The van der Waals surface area contributed by atoms with Crippen LogP contribution >= 0.6 is 15.6 Å². The van der Waals surface area contributed by atoms with Crippen molar-refractivity contribution in [1.82, 2.24) is 0 Å². The highest BCUT2D eigenvalue weighted by molar-refractivity contribution is 7.47. The summed E-state index contributed by atoms with van der Waals surface area (Å²) < 4.78 is 68.7. The standard InChI is InChI=1S/C89H148O17P2/c1-5-9-13-17-21-25-29-33-37-40-41-44-47-50-54-58-62-66-70-74-87(92)100-80-85(106-89(94)76-72-68-64-60-56-52-48-43-39-35-31-27-23-19-15-11-7-3)82-104-108(97,98)102-78-83(90)77-101-107(95,96)103-81-84(105-88(93)75-71-67-63-59-55-51-45-36-32-28-24-20-16-12-8-4)79-99-86(91)73-69-65-61-57-53-49-46-42-38-34-30-26-22-18-14-10-6-2/h9-11,13-15,21-23,25-27,33-39,41,44-46,48-49,52,83-85,90H,5-8,12,16-20,24,28-32,40,42-43,47,50-51,53-82H2,1-4H3,(H,95,96)(H,97,98)/b13-9-,14-10-,15-11-,25-21-,26-22-,27-23-,37-33-,38-34-,39-35-,44-41-,45-36-,49-46-,52-48-. The molecule has 108 heavy (non-hydrogen) atoms. The molecule has 0 saturated carbocycles. The summed E-state index contributed by atoms with van der Waals surface area (Å²) in [4.78, 5) is 73.2. The van der Waals surface area contributed by atoms with Crippen molar-refractivity contribution >= 4 is 39.5 Å². The Morgan fingerprint density at radius 1 is 0.269 bits per heavy atom. The number of esters is 4. The number of carbonyl (C=O) groups is 4. The van der Waals surface area contributed by atoms with Crippen LogP contribution in [0, 0.1) is 0 Å². The Bertz CT molecular complexity index is 2660. The Balaban J connectivity index is 5.44. The van der Waals surface area contributed by atoms with E-state index in [1.165, 1.54) is 38.5 Å². The summed E-state index contributed by atoms with van der Waals surface area (Å²) in [7, 11) is -10.00. The number of phosphoric acid groups is 2. The Kier molecular flexibility index (Phi) is 75.8. The molecule has 0 heterocycles. The van der Waals surface area contributed by atoms with E-state index in [1.54, 1.807) is 0 Å². The number of allylic oxidation sites excluding steroid dienone is 26. The van der Waals surface area contributed by atoms with Gasteiger partial charge in [0.2, 0.25) is 0 Å². The molecule has 0 radical (unpaired) electrons. The van der Waals surface area contributed by atoms with Gasteiger partial charge in [-0.25, -0.2) is 9.13 Å². The second-order valence-corrected chi connectivity index (χ2v) is 30.2. The Morgan fingerprint density at radius 2 is 0.481 bits per heavy atom. The monoisotopic (exact) mass is 1550 g/mol. The zero-order valence-electron chi connectivity index (χ0n) is 67.5. The molecule has 0 aromatic heterocycles. The number of carbonyl (C=O) groups excluding carboxylic acids is 4. The van der Waals surface area contributed by atoms with E-state index in [0.717, 1.165) is 205 Å². The molecular weight excluding hydrogens is 1400 g/mol. The van der Waals surface area contributed by atoms with Crippen LogP contribution in [0.5, 0.6) is 0 Å². The Hall–Kier alpha value is -5.32. The number of aliphatic hydroxyl groups is 1. The van der Waals surface area contributed by atoms with Crippen molar-refractivity contribution in [2.75, 3.05) is 39.6 Å². The van der Waals surface area contributed by atoms with E-state index >= 15 is 0 Å². The first-order valence-electron chi connectivity index (χ1n) is 41.7. The van der Waals surface area contributed by atoms with Crippen LogP contribution in [0.4, 0.5) is 0 Å². The molecule has 19 heteroatoms. The number of aliphatic hydroxyl groups excluding tert-OH is 1. The van der Waals surface area contributed by atoms with Crippen molar-refractivity contribution in [1.29, 1.82) is 0 Å². The molecule has 0 saturated heterocycles. The van der Waals surface area contributed by atoms with Gasteiger partial charge in [-0.2, -0.15) is 0 Å². The molecule has 0 rings (SSSR count). The molecule has 0 bridgehead atoms. The smallest absolute Gasteiger partial charge is 0.462 e. The summed E-state index contributed by atoms with van der Waals surface area (Å²) >= 11 is 0. The molecule has 3 N–H and O–H groups in total. The van der Waals surface area contributed by atoms with Crippen LogP contribution < -0.4 is 0 Å². The molecule has 0 aliphatic heterocycles. The predicted octanol–water partition coefficient (Wildman–Crippen LogP) is 24.8. The first-order valence-corrected chi connectivity index (χ1v) is 44.7. The lowest BCUT2D eigenvalue weighted by Crippen LogP contribution is -2.30. The van der Waals surface area contributed by atoms with Crippen molar-refractivity contribution in [3.63, 3.8) is 0 Å². The Morgan fingerprint density at radius 3 is 0.750 bits per heavy atom. The number of phosphoric ester groups is 2. The van der Waals surface area contributed by atoms with E-state index in [9.17, 15) is 43.2 Å². The first kappa shape index (κ1) is 103. The topological polar surface area (TPSA) is 237 Å². The molecule has 0 aromatic carbocycles. The number of hydrogen-bond acceptors (Lipinski definition) is 15. The SMILES string of the molecule is CC/C=C\C/C=C\C/C=C\C/C=C\CCCCCCCCC(=O)OCC(COP(=O)(O)OCC(O)COP(=O)(O)OCC(COC(=O)CCCCCC/C=C\C/C=C\C/C=C\C/C=C\CC)OC(=O)CCCCCCC/C=C\CCCCCCCC)OC(=O)CCCCCC/C=C\C/C=C\C/C=C\C/C=C\CC. The van der Waals surface area contributed by atoms with Crippen LogP contribution in [0.15, 0.2) is 158 Å². The van der Waals surface area contributed by atoms with Gasteiger partial charge < -0.3 is 33.8 Å². The maximum Gasteiger partial charge on any atom is 0.472 e. The third kappa shape index (κ3) is 78.8. The molecule has 5 unspecified atom stereocenters. The van der Waals surface area contributed by atoms with Gasteiger partial charge in [-0.15, -0.1) is 0 Å². The average Bonchev–Trinajstić information content (AvgIpc) is 0.906. The van der Waals surface area contributed by atoms with Crippen LogP contribution in [0.25, 0.3) is 0 Å². The van der Waals surface area contributed by atoms with E-state index < -0.39 is 97.5 Å². The minimum atomic E-state index is -5.00. The number of ether oxygens (including phenoxy) is 4. The second-order valence-electron chi connectivity index (χ2n) is 27.3. The van der Waals surface area contributed by atoms with Crippen molar-refractivity contribution < 1.29 is 80.2 Å². The lowest BCUT2D eigenvalue weighted by Gasteiger charge is -2.21. The summed E-state index contributed by atoms with van der Waals surface area (Å²) in [5.74, 6) is -2.25. The van der Waals surface area contributed by atoms with E-state index in [-0.39, 0.29) is 25.7 Å². The molecule has 0 spiro atoms. The molecule has 0 amide bonds. The van der Waals surface area contributed by atoms with Gasteiger partial charge in [0, 0.05) is 25.7 Å². The van der Waals surface area contributed by atoms with E-state index in [4.69, 9.17) is 37.0 Å². The zero-order chi connectivity index (χ0) is 78.9. The molecular formula is C89H148O17P2. The van der Waals surface area contributed by atoms with Gasteiger partial charge in [-0.1, -0.05) is 288 Å². The van der Waals surface area contributed by atoms with E-state index in [0.29, 0.717) is 25.7 Å². The van der Waals surface area contributed by atoms with Crippen LogP contribution in [0.3, 0.4) is 0 Å². The highest BCUT2D eigenvalue weighted by atomic mass is 31.2. The van der Waals surface area contributed by atoms with Crippen LogP contribution in [0.2, 0.25) is 0 Å². The highest BCUT2D eigenvalue weighted by Gasteiger charge is 2.30. The van der Waals surface area contributed by atoms with Gasteiger partial charge in [-0.05, 0) is 167 Å². The first-order chi connectivity index (χ1) is 52.7. The fourth-order valence-electron chi connectivity index (χ4n) is 10.7. The quantitative estimate of drug-likeness (QED) is 0.0169. The van der Waals surface area contributed by atoms with E-state index in [2.05, 4.69) is 186 Å². The van der Waals surface area contributed by atoms with Gasteiger partial charge in [0.15, 0.2) is 12.2 Å². The predicted molar refractivity (Wildman–Crippen MR) is 445 cm³/mol. The average molecular weight is 1550 g/mol. The number of hydrogen-bond donors (Lipinski definition) is 3. The summed E-state index contributed by atoms with van der Waals surface area (Å²) in [6.45, 7) is 4.47. The van der Waals surface area contributed by atoms with Crippen LogP contribution in [-0.4, -0.2) is 96.7 Å². The van der Waals surface area contributed by atoms with Gasteiger partial charge in [0.25, 0.3) is 0 Å². The largest absolute Gasteiger partial charge is 0.472 e. The summed E-state index contributed by atoms with van der Waals surface area (Å²) in [5.41, 5.74) is 0. The van der Waals surface area contributed by atoms with Crippen LogP contribution in [-0.2, 0) is 65.4 Å². The van der Waals surface area contributed by atoms with Crippen molar-refractivity contribution in [2.45, 2.75) is 341 Å². The normalized spacial score (nSPS) is 14.6. The molecule has 0 aromatic rings. The summed E-state index contributed by atoms with van der Waals surface area (Å²) in [6, 6.07) is 0. The number of rotatable bonds is 77. The molecule has 0 aliphatic carbocycles. The van der Waals surface area contributed by atoms with Gasteiger partial charge in [-0.3, -0.25) is 37.3 Å². The van der Waals surface area contributed by atoms with Gasteiger partial charge >= 0.3 is 39.5 Å². The second kappa shape index (κ2) is 79.8. The molecule has 0 aliphatic rings. The minimum Gasteiger partial charge on any atom is -0.462 e. The maximum atomic E-state index is 13.1. The van der Waals surface area contributed by atoms with Gasteiger partial charge in [0.1, 0.15) is 19.3 Å². The van der Waals surface area contributed by atoms with Crippen LogP contribution in [0.1, 0.15) is 323 Å². The summed E-state index contributed by atoms with van der Waals surface area (Å²) in [6.07, 6.45) is 93.5. The van der Waals surface area contributed by atoms with E-state index in [1.807, 2.05) is 0 Å².